The molecule has 9 heteroatoms. The Balaban J connectivity index is 1.39. The average Bonchev–Trinajstić information content (AvgIpc) is 3.34. The summed E-state index contributed by atoms with van der Waals surface area (Å²) in [5.41, 5.74) is 0.940. The summed E-state index contributed by atoms with van der Waals surface area (Å²) in [6.07, 6.45) is 3.44. The van der Waals surface area contributed by atoms with Crippen LogP contribution in [0, 0.1) is 6.92 Å². The molecule has 0 bridgehead atoms. The molecule has 0 unspecified atom stereocenters. The Bertz CT molecular complexity index is 884. The number of thiophene rings is 1. The summed E-state index contributed by atoms with van der Waals surface area (Å²) in [5.74, 6) is 1.59. The van der Waals surface area contributed by atoms with Crippen LogP contribution in [-0.4, -0.2) is 56.9 Å². The van der Waals surface area contributed by atoms with E-state index in [1.807, 2.05) is 47.7 Å². The number of hydrogen-bond donors (Lipinski definition) is 1. The van der Waals surface area contributed by atoms with Crippen LogP contribution in [0.3, 0.4) is 0 Å². The van der Waals surface area contributed by atoms with Gasteiger partial charge in [-0.2, -0.15) is 5.10 Å². The van der Waals surface area contributed by atoms with Gasteiger partial charge in [0.25, 0.3) is 0 Å². The van der Waals surface area contributed by atoms with Crippen LogP contribution in [0.15, 0.2) is 42.2 Å². The number of amides is 2. The van der Waals surface area contributed by atoms with Crippen molar-refractivity contribution in [2.45, 2.75) is 6.92 Å². The van der Waals surface area contributed by atoms with Crippen LogP contribution in [0.25, 0.3) is 5.82 Å². The number of aromatic nitrogens is 4. The topological polar surface area (TPSA) is 79.2 Å². The summed E-state index contributed by atoms with van der Waals surface area (Å²) < 4.78 is 1.74. The van der Waals surface area contributed by atoms with Gasteiger partial charge in [0.15, 0.2) is 5.82 Å². The first-order valence-corrected chi connectivity index (χ1v) is 9.26. The summed E-state index contributed by atoms with van der Waals surface area (Å²) in [7, 11) is 0. The van der Waals surface area contributed by atoms with Crippen LogP contribution in [0.2, 0.25) is 0 Å². The lowest BCUT2D eigenvalue weighted by atomic mass is 10.3. The number of aryl methyl sites for hydroxylation is 1. The fourth-order valence-corrected chi connectivity index (χ4v) is 3.46. The predicted molar refractivity (Wildman–Crippen MR) is 101 cm³/mol. The summed E-state index contributed by atoms with van der Waals surface area (Å²) in [5, 5.41) is 10.1. The van der Waals surface area contributed by atoms with Gasteiger partial charge in [0.1, 0.15) is 12.1 Å². The molecule has 0 radical (unpaired) electrons. The van der Waals surface area contributed by atoms with Crippen molar-refractivity contribution in [1.29, 1.82) is 0 Å². The number of urea groups is 1. The van der Waals surface area contributed by atoms with Gasteiger partial charge in [-0.25, -0.2) is 19.4 Å². The van der Waals surface area contributed by atoms with Gasteiger partial charge in [-0.3, -0.25) is 5.32 Å². The summed E-state index contributed by atoms with van der Waals surface area (Å²) >= 11 is 1.52. The molecule has 1 saturated heterocycles. The zero-order valence-corrected chi connectivity index (χ0v) is 15.2. The molecule has 1 N–H and O–H groups in total. The van der Waals surface area contributed by atoms with E-state index < -0.39 is 0 Å². The summed E-state index contributed by atoms with van der Waals surface area (Å²) in [4.78, 5) is 25.0. The molecule has 0 atom stereocenters. The molecule has 3 aromatic heterocycles. The smallest absolute Gasteiger partial charge is 0.322 e. The lowest BCUT2D eigenvalue weighted by Gasteiger charge is -2.35. The molecule has 0 aliphatic carbocycles. The van der Waals surface area contributed by atoms with Crippen molar-refractivity contribution < 1.29 is 4.79 Å². The number of hydrogen-bond acceptors (Lipinski definition) is 6. The molecule has 1 fully saturated rings. The molecule has 0 spiro atoms. The highest BCUT2D eigenvalue weighted by atomic mass is 32.1. The molecule has 0 saturated carbocycles. The van der Waals surface area contributed by atoms with Crippen molar-refractivity contribution >= 4 is 28.2 Å². The van der Waals surface area contributed by atoms with Crippen molar-refractivity contribution in [3.05, 3.63) is 47.9 Å². The van der Waals surface area contributed by atoms with Crippen molar-refractivity contribution in [3.8, 4) is 5.82 Å². The Kier molecular flexibility index (Phi) is 4.53. The maximum atomic E-state index is 12.3. The van der Waals surface area contributed by atoms with E-state index in [9.17, 15) is 4.79 Å². The lowest BCUT2D eigenvalue weighted by Crippen LogP contribution is -2.50. The van der Waals surface area contributed by atoms with E-state index in [1.54, 1.807) is 11.0 Å². The van der Waals surface area contributed by atoms with Crippen molar-refractivity contribution in [3.63, 3.8) is 0 Å². The number of carbonyl (C=O) groups is 1. The van der Waals surface area contributed by atoms with E-state index >= 15 is 0 Å². The Morgan fingerprint density at radius 3 is 2.65 bits per heavy atom. The zero-order valence-electron chi connectivity index (χ0n) is 14.4. The molecule has 26 heavy (non-hydrogen) atoms. The monoisotopic (exact) mass is 369 g/mol. The number of nitrogens with one attached hydrogen (secondary N) is 1. The Labute approximate surface area is 155 Å². The second-order valence-electron chi connectivity index (χ2n) is 6.02. The Hall–Kier alpha value is -2.94. The highest BCUT2D eigenvalue weighted by Gasteiger charge is 2.22. The van der Waals surface area contributed by atoms with E-state index in [1.165, 1.54) is 11.3 Å². The molecule has 2 amide bonds. The van der Waals surface area contributed by atoms with E-state index in [0.29, 0.717) is 13.1 Å². The van der Waals surface area contributed by atoms with Gasteiger partial charge in [-0.15, -0.1) is 11.3 Å². The van der Waals surface area contributed by atoms with Gasteiger partial charge in [-0.1, -0.05) is 0 Å². The van der Waals surface area contributed by atoms with Crippen molar-refractivity contribution in [2.24, 2.45) is 0 Å². The maximum Gasteiger partial charge on any atom is 0.322 e. The molecular formula is C17H19N7OS. The van der Waals surface area contributed by atoms with Crippen molar-refractivity contribution in [1.82, 2.24) is 24.6 Å². The van der Waals surface area contributed by atoms with Crippen LogP contribution in [0.4, 0.5) is 15.6 Å². The van der Waals surface area contributed by atoms with E-state index in [-0.39, 0.29) is 6.03 Å². The minimum Gasteiger partial charge on any atom is -0.353 e. The summed E-state index contributed by atoms with van der Waals surface area (Å²) in [6, 6.07) is 7.63. The first-order chi connectivity index (χ1) is 12.7. The van der Waals surface area contributed by atoms with Gasteiger partial charge in [-0.05, 0) is 30.5 Å². The highest BCUT2D eigenvalue weighted by molar-refractivity contribution is 7.14. The van der Waals surface area contributed by atoms with Crippen LogP contribution < -0.4 is 10.2 Å². The molecule has 1 aliphatic rings. The van der Waals surface area contributed by atoms with Gasteiger partial charge < -0.3 is 9.80 Å². The number of nitrogens with zero attached hydrogens (tertiary/aromatic N) is 6. The molecular weight excluding hydrogens is 350 g/mol. The van der Waals surface area contributed by atoms with Crippen molar-refractivity contribution in [2.75, 3.05) is 36.4 Å². The fourth-order valence-electron chi connectivity index (χ4n) is 2.85. The highest BCUT2D eigenvalue weighted by Crippen LogP contribution is 2.18. The largest absolute Gasteiger partial charge is 0.353 e. The van der Waals surface area contributed by atoms with Crippen LogP contribution in [0.5, 0.6) is 0 Å². The minimum atomic E-state index is -0.0532. The molecule has 0 aromatic carbocycles. The number of piperazine rings is 1. The van der Waals surface area contributed by atoms with Gasteiger partial charge in [0, 0.05) is 38.4 Å². The van der Waals surface area contributed by atoms with E-state index in [4.69, 9.17) is 0 Å². The Morgan fingerprint density at radius 1 is 1.15 bits per heavy atom. The van der Waals surface area contributed by atoms with E-state index in [2.05, 4.69) is 25.3 Å². The van der Waals surface area contributed by atoms with Crippen LogP contribution >= 0.6 is 11.3 Å². The Morgan fingerprint density at radius 2 is 1.96 bits per heavy atom. The quantitative estimate of drug-likeness (QED) is 0.767. The fraction of sp³-hybridized carbons (Fsp3) is 0.294. The molecule has 3 aromatic rings. The molecule has 134 valence electrons. The second-order valence-corrected chi connectivity index (χ2v) is 6.97. The van der Waals surface area contributed by atoms with Gasteiger partial charge in [0.2, 0.25) is 0 Å². The molecule has 1 aliphatic heterocycles. The third-order valence-corrected chi connectivity index (χ3v) is 5.02. The normalized spacial score (nSPS) is 14.5. The first kappa shape index (κ1) is 16.5. The third-order valence-electron chi connectivity index (χ3n) is 4.24. The predicted octanol–water partition coefficient (Wildman–Crippen LogP) is 2.39. The third kappa shape index (κ3) is 3.52. The minimum absolute atomic E-state index is 0.0532. The number of rotatable bonds is 3. The SMILES string of the molecule is Cc1ccn(-c2cc(N3CCN(C(=O)Nc4cccs4)CC3)ncn2)n1. The zero-order chi connectivity index (χ0) is 17.9. The second kappa shape index (κ2) is 7.12. The standard InChI is InChI=1S/C17H19N7OS/c1-13-4-5-24(21-13)15-11-14(18-12-19-15)22-6-8-23(9-7-22)17(25)20-16-3-2-10-26-16/h2-5,10-12H,6-9H2,1H3,(H,20,25). The summed E-state index contributed by atoms with van der Waals surface area (Å²) in [6.45, 7) is 4.70. The maximum absolute atomic E-state index is 12.3. The van der Waals surface area contributed by atoms with Crippen LogP contribution in [0.1, 0.15) is 5.69 Å². The average molecular weight is 369 g/mol. The first-order valence-electron chi connectivity index (χ1n) is 8.38. The molecule has 4 heterocycles. The van der Waals surface area contributed by atoms with E-state index in [0.717, 1.165) is 35.4 Å². The lowest BCUT2D eigenvalue weighted by molar-refractivity contribution is 0.208. The number of carbonyl (C=O) groups excluding carboxylic acids is 1. The van der Waals surface area contributed by atoms with Gasteiger partial charge >= 0.3 is 6.03 Å². The molecule has 8 nitrogen and oxygen atoms in total. The molecule has 4 rings (SSSR count). The van der Waals surface area contributed by atoms with Crippen LogP contribution in [-0.2, 0) is 0 Å². The van der Waals surface area contributed by atoms with Gasteiger partial charge in [0.05, 0.1) is 10.7 Å². The number of anilines is 2.